The first-order valence-corrected chi connectivity index (χ1v) is 15.2. The summed E-state index contributed by atoms with van der Waals surface area (Å²) in [6, 6.07) is 13.6. The van der Waals surface area contributed by atoms with Crippen LogP contribution in [0.1, 0.15) is 97.7 Å². The molecule has 0 saturated carbocycles. The van der Waals surface area contributed by atoms with Crippen molar-refractivity contribution in [2.45, 2.75) is 111 Å². The molecule has 3 atom stereocenters. The smallest absolute Gasteiger partial charge is 0.408 e. The summed E-state index contributed by atoms with van der Waals surface area (Å²) in [6.07, 6.45) is 3.83. The van der Waals surface area contributed by atoms with Crippen molar-refractivity contribution in [2.75, 3.05) is 6.54 Å². The van der Waals surface area contributed by atoms with E-state index >= 15 is 0 Å². The minimum atomic E-state index is -1.01. The fraction of sp³-hybridized carbons (Fsp3) is 0.559. The minimum Gasteiger partial charge on any atom is -0.508 e. The molecule has 42 heavy (non-hydrogen) atoms. The lowest BCUT2D eigenvalue weighted by Crippen LogP contribution is -2.56. The van der Waals surface area contributed by atoms with E-state index in [-0.39, 0.29) is 24.1 Å². The molecule has 8 nitrogen and oxygen atoms in total. The summed E-state index contributed by atoms with van der Waals surface area (Å²) in [5.41, 5.74) is 0.611. The molecule has 3 N–H and O–H groups in total. The maximum Gasteiger partial charge on any atom is 0.408 e. The fourth-order valence-corrected chi connectivity index (χ4v) is 4.81. The molecule has 232 valence electrons. The lowest BCUT2D eigenvalue weighted by molar-refractivity contribution is -0.145. The average molecular weight is 582 g/mol. The number of aromatic hydroxyl groups is 1. The molecular formula is C34H51N3O5. The van der Waals surface area contributed by atoms with Gasteiger partial charge in [0.2, 0.25) is 11.8 Å². The van der Waals surface area contributed by atoms with Crippen LogP contribution < -0.4 is 10.6 Å². The molecule has 2 aromatic rings. The number of carbonyl (C=O) groups excluding carboxylic acids is 3. The first-order chi connectivity index (χ1) is 19.8. The zero-order valence-electron chi connectivity index (χ0n) is 26.5. The number of rotatable bonds is 15. The highest BCUT2D eigenvalue weighted by Gasteiger charge is 2.39. The van der Waals surface area contributed by atoms with Crippen LogP contribution in [0, 0.1) is 5.92 Å². The van der Waals surface area contributed by atoms with Gasteiger partial charge < -0.3 is 25.4 Å². The minimum absolute atomic E-state index is 0.00577. The number of amides is 3. The molecule has 0 radical (unpaired) electrons. The number of nitrogens with zero attached hydrogens (tertiary/aromatic N) is 1. The van der Waals surface area contributed by atoms with E-state index in [0.717, 1.165) is 31.2 Å². The third-order valence-electron chi connectivity index (χ3n) is 6.95. The predicted octanol–water partition coefficient (Wildman–Crippen LogP) is 6.53. The van der Waals surface area contributed by atoms with Crippen molar-refractivity contribution in [1.29, 1.82) is 0 Å². The summed E-state index contributed by atoms with van der Waals surface area (Å²) in [5.74, 6) is -0.312. The lowest BCUT2D eigenvalue weighted by atomic mass is 9.95. The molecule has 0 aromatic heterocycles. The van der Waals surface area contributed by atoms with Gasteiger partial charge in [-0.05, 0) is 76.1 Å². The Balaban J connectivity index is 2.59. The van der Waals surface area contributed by atoms with Gasteiger partial charge in [-0.25, -0.2) is 4.79 Å². The third-order valence-corrected chi connectivity index (χ3v) is 6.95. The Morgan fingerprint density at radius 2 is 1.64 bits per heavy atom. The number of phenolic OH excluding ortho intramolecular Hbond substituents is 1. The van der Waals surface area contributed by atoms with Crippen molar-refractivity contribution in [3.63, 3.8) is 0 Å². The van der Waals surface area contributed by atoms with Gasteiger partial charge in [-0.15, -0.1) is 0 Å². The second-order valence-electron chi connectivity index (χ2n) is 12.4. The zero-order valence-corrected chi connectivity index (χ0v) is 26.5. The fourth-order valence-electron chi connectivity index (χ4n) is 4.81. The normalized spacial score (nSPS) is 13.6. The number of phenols is 1. The maximum absolute atomic E-state index is 14.6. The largest absolute Gasteiger partial charge is 0.508 e. The van der Waals surface area contributed by atoms with E-state index in [4.69, 9.17) is 4.74 Å². The summed E-state index contributed by atoms with van der Waals surface area (Å²) in [5, 5.41) is 16.2. The van der Waals surface area contributed by atoms with E-state index in [2.05, 4.69) is 31.4 Å². The van der Waals surface area contributed by atoms with Crippen LogP contribution in [0.2, 0.25) is 0 Å². The molecule has 0 heterocycles. The molecule has 3 unspecified atom stereocenters. The zero-order chi connectivity index (χ0) is 31.3. The maximum atomic E-state index is 14.6. The Hall–Kier alpha value is -3.55. The molecular weight excluding hydrogens is 530 g/mol. The van der Waals surface area contributed by atoms with Crippen LogP contribution in [0.4, 0.5) is 4.79 Å². The highest BCUT2D eigenvalue weighted by Crippen LogP contribution is 2.30. The van der Waals surface area contributed by atoms with Gasteiger partial charge in [0.15, 0.2) is 0 Å². The number of ether oxygens (including phenoxy) is 1. The van der Waals surface area contributed by atoms with Crippen LogP contribution in [0.25, 0.3) is 0 Å². The second-order valence-corrected chi connectivity index (χ2v) is 12.4. The van der Waals surface area contributed by atoms with Crippen molar-refractivity contribution in [3.8, 4) is 5.75 Å². The van der Waals surface area contributed by atoms with Crippen molar-refractivity contribution < 1.29 is 24.2 Å². The van der Waals surface area contributed by atoms with Crippen molar-refractivity contribution >= 4 is 17.9 Å². The molecule has 3 amide bonds. The van der Waals surface area contributed by atoms with Crippen LogP contribution in [0.15, 0.2) is 54.6 Å². The van der Waals surface area contributed by atoms with Crippen LogP contribution in [0.5, 0.6) is 5.75 Å². The summed E-state index contributed by atoms with van der Waals surface area (Å²) in [6.45, 7) is 14.0. The molecule has 2 aromatic carbocycles. The topological polar surface area (TPSA) is 108 Å². The van der Waals surface area contributed by atoms with Gasteiger partial charge >= 0.3 is 6.09 Å². The van der Waals surface area contributed by atoms with Gasteiger partial charge in [0.1, 0.15) is 23.4 Å². The Kier molecular flexibility index (Phi) is 13.8. The molecule has 0 bridgehead atoms. The van der Waals surface area contributed by atoms with Crippen LogP contribution in [-0.4, -0.2) is 52.1 Å². The van der Waals surface area contributed by atoms with Gasteiger partial charge in [0.05, 0.1) is 0 Å². The highest BCUT2D eigenvalue weighted by molar-refractivity contribution is 5.92. The van der Waals surface area contributed by atoms with Gasteiger partial charge in [-0.3, -0.25) is 9.59 Å². The first-order valence-electron chi connectivity index (χ1n) is 15.2. The Morgan fingerprint density at radius 1 is 0.952 bits per heavy atom. The molecule has 8 heteroatoms. The molecule has 0 aliphatic heterocycles. The van der Waals surface area contributed by atoms with Crippen molar-refractivity contribution in [1.82, 2.24) is 15.5 Å². The predicted molar refractivity (Wildman–Crippen MR) is 167 cm³/mol. The molecule has 2 rings (SSSR count). The number of carbonyl (C=O) groups is 3. The number of hydrogen-bond acceptors (Lipinski definition) is 5. The standard InChI is InChI=1S/C34H51N3O5/c1-8-9-13-21-35-31(39)30(27-17-14-18-28(38)23-27)37(25(4)20-19-24(2)3)32(40)29(22-26-15-11-10-12-16-26)36-33(41)42-34(5,6)7/h10-12,14-18,23-25,29-30,38H,8-9,13,19-22H2,1-7H3,(H,35,39)(H,36,41). The number of nitrogens with one attached hydrogen (secondary N) is 2. The SMILES string of the molecule is CCCCCNC(=O)C(c1cccc(O)c1)N(C(=O)C(Cc1ccccc1)NC(=O)OC(C)(C)C)C(C)CCC(C)C. The van der Waals surface area contributed by atoms with Gasteiger partial charge in [0, 0.05) is 19.0 Å². The molecule has 0 aliphatic carbocycles. The Bertz CT molecular complexity index is 1130. The van der Waals surface area contributed by atoms with E-state index in [1.165, 1.54) is 12.1 Å². The van der Waals surface area contributed by atoms with E-state index in [0.29, 0.717) is 24.4 Å². The first kappa shape index (κ1) is 34.7. The number of alkyl carbamates (subject to hydrolysis) is 1. The highest BCUT2D eigenvalue weighted by atomic mass is 16.6. The van der Waals surface area contributed by atoms with E-state index < -0.39 is 29.7 Å². The second kappa shape index (κ2) is 16.8. The summed E-state index contributed by atoms with van der Waals surface area (Å²) >= 11 is 0. The van der Waals surface area contributed by atoms with Gasteiger partial charge in [-0.1, -0.05) is 76.1 Å². The van der Waals surface area contributed by atoms with E-state index in [1.54, 1.807) is 37.8 Å². The third kappa shape index (κ3) is 11.7. The van der Waals surface area contributed by atoms with Crippen molar-refractivity contribution in [3.05, 3.63) is 65.7 Å². The average Bonchev–Trinajstić information content (AvgIpc) is 2.91. The Labute approximate surface area is 252 Å². The monoisotopic (exact) mass is 581 g/mol. The molecule has 0 spiro atoms. The molecule has 0 saturated heterocycles. The Morgan fingerprint density at radius 3 is 2.24 bits per heavy atom. The molecule has 0 fully saturated rings. The van der Waals surface area contributed by atoms with Gasteiger partial charge in [0.25, 0.3) is 0 Å². The van der Waals surface area contributed by atoms with Crippen LogP contribution >= 0.6 is 0 Å². The lowest BCUT2D eigenvalue weighted by Gasteiger charge is -2.39. The van der Waals surface area contributed by atoms with E-state index in [9.17, 15) is 19.5 Å². The number of hydrogen-bond donors (Lipinski definition) is 3. The summed E-state index contributed by atoms with van der Waals surface area (Å²) in [7, 11) is 0. The summed E-state index contributed by atoms with van der Waals surface area (Å²) in [4.78, 5) is 43.1. The van der Waals surface area contributed by atoms with Crippen molar-refractivity contribution in [2.24, 2.45) is 5.92 Å². The van der Waals surface area contributed by atoms with Crippen LogP contribution in [-0.2, 0) is 20.7 Å². The quantitative estimate of drug-likeness (QED) is 0.207. The van der Waals surface area contributed by atoms with E-state index in [1.807, 2.05) is 37.3 Å². The number of benzene rings is 2. The molecule has 0 aliphatic rings. The summed E-state index contributed by atoms with van der Waals surface area (Å²) < 4.78 is 5.53. The van der Waals surface area contributed by atoms with Crippen LogP contribution in [0.3, 0.4) is 0 Å². The number of unbranched alkanes of at least 4 members (excludes halogenated alkanes) is 2. The van der Waals surface area contributed by atoms with Gasteiger partial charge in [-0.2, -0.15) is 0 Å².